The van der Waals surface area contributed by atoms with Crippen LogP contribution in [0.3, 0.4) is 0 Å². The largest absolute Gasteiger partial charge is 0.282 e. The van der Waals surface area contributed by atoms with E-state index >= 15 is 0 Å². The maximum absolute atomic E-state index is 14.3. The summed E-state index contributed by atoms with van der Waals surface area (Å²) in [6, 6.07) is 30.4. The number of benzene rings is 4. The van der Waals surface area contributed by atoms with Crippen LogP contribution in [0, 0.1) is 22.0 Å². The number of amides is 3. The highest BCUT2D eigenvalue weighted by Gasteiger charge is 2.63. The van der Waals surface area contributed by atoms with Crippen LogP contribution >= 0.6 is 0 Å². The topological polar surface area (TPSA) is 101 Å². The van der Waals surface area contributed by atoms with E-state index in [-0.39, 0.29) is 29.6 Å². The molecule has 2 bridgehead atoms. The molecule has 4 aromatic carbocycles. The molecule has 8 rings (SSSR count). The lowest BCUT2D eigenvalue weighted by Crippen LogP contribution is -2.50. The number of nitro groups is 1. The molecule has 1 heterocycles. The minimum atomic E-state index is -0.779. The van der Waals surface area contributed by atoms with Gasteiger partial charge in [-0.3, -0.25) is 24.5 Å². The molecule has 2 atom stereocenters. The normalized spacial score (nSPS) is 21.9. The van der Waals surface area contributed by atoms with Crippen molar-refractivity contribution in [3.63, 3.8) is 0 Å². The van der Waals surface area contributed by atoms with Crippen LogP contribution in [0.2, 0.25) is 0 Å². The molecule has 3 aliphatic carbocycles. The van der Waals surface area contributed by atoms with Crippen LogP contribution in [0.4, 0.5) is 5.69 Å². The predicted molar refractivity (Wildman–Crippen MR) is 145 cm³/mol. The van der Waals surface area contributed by atoms with E-state index in [0.29, 0.717) is 5.56 Å². The van der Waals surface area contributed by atoms with Crippen molar-refractivity contribution in [1.82, 2.24) is 10.0 Å². The van der Waals surface area contributed by atoms with E-state index in [4.69, 9.17) is 0 Å². The van der Waals surface area contributed by atoms with E-state index in [0.717, 1.165) is 32.3 Å². The van der Waals surface area contributed by atoms with Crippen LogP contribution in [-0.2, 0) is 16.1 Å². The van der Waals surface area contributed by atoms with Gasteiger partial charge < -0.3 is 0 Å². The Balaban J connectivity index is 1.37. The quantitative estimate of drug-likeness (QED) is 0.205. The third-order valence-electron chi connectivity index (χ3n) is 8.41. The van der Waals surface area contributed by atoms with Crippen LogP contribution in [0.15, 0.2) is 103 Å². The first kappa shape index (κ1) is 24.0. The molecule has 0 unspecified atom stereocenters. The number of carbonyl (C=O) groups excluding carboxylic acids is 3. The van der Waals surface area contributed by atoms with Gasteiger partial charge in [0.2, 0.25) is 0 Å². The smallest absolute Gasteiger partial charge is 0.272 e. The van der Waals surface area contributed by atoms with Gasteiger partial charge in [-0.1, -0.05) is 91.0 Å². The summed E-state index contributed by atoms with van der Waals surface area (Å²) in [5.74, 6) is -3.72. The zero-order valence-electron chi connectivity index (χ0n) is 21.2. The van der Waals surface area contributed by atoms with E-state index in [2.05, 4.69) is 0 Å². The molecule has 0 radical (unpaired) electrons. The number of para-hydroxylation sites is 1. The third kappa shape index (κ3) is 3.35. The predicted octanol–water partition coefficient (Wildman–Crippen LogP) is 5.04. The fourth-order valence-corrected chi connectivity index (χ4v) is 6.84. The van der Waals surface area contributed by atoms with Crippen LogP contribution in [0.5, 0.6) is 0 Å². The van der Waals surface area contributed by atoms with E-state index in [9.17, 15) is 24.5 Å². The maximum Gasteiger partial charge on any atom is 0.282 e. The molecule has 0 spiro atoms. The lowest BCUT2D eigenvalue weighted by molar-refractivity contribution is -0.385. The van der Waals surface area contributed by atoms with Crippen molar-refractivity contribution in [2.45, 2.75) is 18.4 Å². The lowest BCUT2D eigenvalue weighted by Gasteiger charge is -2.45. The SMILES string of the molecule is O=C(c1ccccc1[N+](=O)[O-])N(Cc1ccccc1)N1C(=O)[C@@H]2C3c4ccccc4C(c4ccccc43)[C@@H]2C1=O. The minimum absolute atomic E-state index is 0.0993. The van der Waals surface area contributed by atoms with Crippen molar-refractivity contribution >= 4 is 23.4 Å². The Labute approximate surface area is 229 Å². The third-order valence-corrected chi connectivity index (χ3v) is 8.41. The Morgan fingerprint density at radius 3 is 1.65 bits per heavy atom. The first-order chi connectivity index (χ1) is 19.5. The summed E-state index contributed by atoms with van der Waals surface area (Å²) in [6.45, 7) is -0.0993. The van der Waals surface area contributed by atoms with Crippen molar-refractivity contribution < 1.29 is 19.3 Å². The van der Waals surface area contributed by atoms with Crippen LogP contribution in [0.1, 0.15) is 50.0 Å². The molecular formula is C32H23N3O5. The van der Waals surface area contributed by atoms with Crippen LogP contribution in [0.25, 0.3) is 0 Å². The molecule has 0 N–H and O–H groups in total. The lowest BCUT2D eigenvalue weighted by atomic mass is 9.55. The Morgan fingerprint density at radius 1 is 0.700 bits per heavy atom. The number of nitro benzene ring substituents is 1. The number of carbonyl (C=O) groups is 3. The van der Waals surface area contributed by atoms with Gasteiger partial charge in [-0.05, 0) is 33.9 Å². The summed E-state index contributed by atoms with van der Waals surface area (Å²) in [5.41, 5.74) is 4.20. The molecule has 8 nitrogen and oxygen atoms in total. The van der Waals surface area contributed by atoms with Crippen molar-refractivity contribution in [3.05, 3.63) is 147 Å². The molecule has 8 heteroatoms. The number of rotatable bonds is 5. The van der Waals surface area contributed by atoms with Gasteiger partial charge in [0.15, 0.2) is 0 Å². The van der Waals surface area contributed by atoms with E-state index in [1.807, 2.05) is 54.6 Å². The zero-order chi connectivity index (χ0) is 27.5. The molecule has 1 aliphatic heterocycles. The van der Waals surface area contributed by atoms with Crippen LogP contribution < -0.4 is 0 Å². The first-order valence-electron chi connectivity index (χ1n) is 13.1. The van der Waals surface area contributed by atoms with Gasteiger partial charge in [0.05, 0.1) is 23.3 Å². The van der Waals surface area contributed by atoms with Gasteiger partial charge in [0.25, 0.3) is 23.4 Å². The Bertz CT molecular complexity index is 1600. The molecule has 196 valence electrons. The Hall–Kier alpha value is -5.11. The minimum Gasteiger partial charge on any atom is -0.272 e. The van der Waals surface area contributed by atoms with E-state index in [1.165, 1.54) is 24.3 Å². The van der Waals surface area contributed by atoms with E-state index in [1.54, 1.807) is 24.3 Å². The van der Waals surface area contributed by atoms with Gasteiger partial charge in [0.1, 0.15) is 5.56 Å². The van der Waals surface area contributed by atoms with Crippen molar-refractivity contribution in [2.75, 3.05) is 0 Å². The molecule has 4 aromatic rings. The molecule has 0 aromatic heterocycles. The highest BCUT2D eigenvalue weighted by molar-refractivity contribution is 6.10. The van der Waals surface area contributed by atoms with Gasteiger partial charge in [0, 0.05) is 17.9 Å². The second-order valence-electron chi connectivity index (χ2n) is 10.4. The standard InChI is InChI=1S/C32H23N3O5/c36-30(24-16-8-9-17-25(24)35(39)40)33(18-19-10-2-1-3-11-19)34-31(37)28-26-20-12-4-5-13-21(20)27(29(28)32(34)38)23-15-7-6-14-22(23)26/h1-17,26-29H,18H2/t26?,27?,28-,29+. The summed E-state index contributed by atoms with van der Waals surface area (Å²) in [5, 5.41) is 13.9. The average Bonchev–Trinajstić information content (AvgIpc) is 3.26. The van der Waals surface area contributed by atoms with Crippen molar-refractivity contribution in [3.8, 4) is 0 Å². The molecular weight excluding hydrogens is 506 g/mol. The number of hydrogen-bond acceptors (Lipinski definition) is 5. The molecule has 0 saturated carbocycles. The molecule has 3 amide bonds. The number of hydrazine groups is 1. The van der Waals surface area contributed by atoms with Gasteiger partial charge in [-0.15, -0.1) is 0 Å². The summed E-state index contributed by atoms with van der Waals surface area (Å²) in [4.78, 5) is 53.9. The molecule has 1 fully saturated rings. The number of imide groups is 1. The Morgan fingerprint density at radius 2 is 1.15 bits per heavy atom. The second-order valence-corrected chi connectivity index (χ2v) is 10.4. The summed E-state index contributed by atoms with van der Waals surface area (Å²) in [7, 11) is 0. The van der Waals surface area contributed by atoms with Crippen molar-refractivity contribution in [2.24, 2.45) is 11.8 Å². The number of hydrogen-bond donors (Lipinski definition) is 0. The Kier molecular flexibility index (Phi) is 5.38. The molecule has 40 heavy (non-hydrogen) atoms. The maximum atomic E-state index is 14.3. The highest BCUT2D eigenvalue weighted by atomic mass is 16.6. The summed E-state index contributed by atoms with van der Waals surface area (Å²) < 4.78 is 0. The molecule has 4 aliphatic rings. The monoisotopic (exact) mass is 529 g/mol. The number of nitrogens with zero attached hydrogens (tertiary/aromatic N) is 3. The van der Waals surface area contributed by atoms with Crippen LogP contribution in [-0.4, -0.2) is 32.7 Å². The highest BCUT2D eigenvalue weighted by Crippen LogP contribution is 2.61. The fourth-order valence-electron chi connectivity index (χ4n) is 6.84. The van der Waals surface area contributed by atoms with Crippen molar-refractivity contribution in [1.29, 1.82) is 0 Å². The van der Waals surface area contributed by atoms with Gasteiger partial charge >= 0.3 is 0 Å². The average molecular weight is 530 g/mol. The zero-order valence-corrected chi connectivity index (χ0v) is 21.2. The molecule has 1 saturated heterocycles. The second kappa shape index (κ2) is 8.98. The summed E-state index contributed by atoms with van der Waals surface area (Å²) >= 11 is 0. The first-order valence-corrected chi connectivity index (χ1v) is 13.1. The van der Waals surface area contributed by atoms with Gasteiger partial charge in [-0.25, -0.2) is 5.01 Å². The summed E-state index contributed by atoms with van der Waals surface area (Å²) in [6.07, 6.45) is 0. The van der Waals surface area contributed by atoms with Gasteiger partial charge in [-0.2, -0.15) is 5.01 Å². The fraction of sp³-hybridized carbons (Fsp3) is 0.156. The van der Waals surface area contributed by atoms with E-state index < -0.39 is 34.5 Å².